The second-order valence-electron chi connectivity index (χ2n) is 2.58. The summed E-state index contributed by atoms with van der Waals surface area (Å²) < 4.78 is 47.7. The van der Waals surface area contributed by atoms with Gasteiger partial charge in [0.2, 0.25) is 0 Å². The monoisotopic (exact) mass is 253 g/mol. The Balaban J connectivity index is 3.32. The summed E-state index contributed by atoms with van der Waals surface area (Å²) in [7, 11) is 3.08. The van der Waals surface area contributed by atoms with Gasteiger partial charge in [0.05, 0.1) is 17.2 Å². The fourth-order valence-electron chi connectivity index (χ4n) is 0.920. The van der Waals surface area contributed by atoms with E-state index in [-0.39, 0.29) is 10.5 Å². The number of nitriles is 1. The van der Waals surface area contributed by atoms with Crippen LogP contribution in [-0.4, -0.2) is 4.55 Å². The van der Waals surface area contributed by atoms with E-state index >= 15 is 0 Å². The molecule has 0 spiro atoms. The van der Waals surface area contributed by atoms with E-state index in [1.54, 1.807) is 6.07 Å². The highest BCUT2D eigenvalue weighted by Gasteiger charge is 2.32. The van der Waals surface area contributed by atoms with Crippen molar-refractivity contribution in [2.24, 2.45) is 0 Å². The predicted molar refractivity (Wildman–Crippen MR) is 48.4 cm³/mol. The summed E-state index contributed by atoms with van der Waals surface area (Å²) in [5.74, 6) is 0. The zero-order valence-electron chi connectivity index (χ0n) is 7.01. The summed E-state index contributed by atoms with van der Waals surface area (Å²) >= 11 is 0. The number of hydrogen-bond acceptors (Lipinski definition) is 2. The molecule has 0 heterocycles. The largest absolute Gasteiger partial charge is 0.594 e. The fraction of sp³-hybridized carbons (Fsp3) is 0.125. The van der Waals surface area contributed by atoms with E-state index in [0.29, 0.717) is 12.1 Å². The minimum Gasteiger partial charge on any atom is -0.594 e. The molecule has 1 aromatic carbocycles. The average molecular weight is 254 g/mol. The van der Waals surface area contributed by atoms with Gasteiger partial charge in [-0.15, -0.1) is 0 Å². The standard InChI is InChI=1S/C8H3ClF3NOS/c9-15(14)7-2-5(4-13)1-6(3-7)8(10,11)12/h1-3H. The van der Waals surface area contributed by atoms with Crippen LogP contribution >= 0.6 is 10.7 Å². The zero-order valence-corrected chi connectivity index (χ0v) is 8.58. The van der Waals surface area contributed by atoms with Crippen molar-refractivity contribution in [3.63, 3.8) is 0 Å². The third-order valence-corrected chi connectivity index (χ3v) is 2.69. The molecule has 0 aliphatic carbocycles. The van der Waals surface area contributed by atoms with Crippen molar-refractivity contribution in [1.29, 1.82) is 5.26 Å². The van der Waals surface area contributed by atoms with Gasteiger partial charge in [-0.05, 0) is 6.07 Å². The van der Waals surface area contributed by atoms with Crippen LogP contribution in [0.25, 0.3) is 0 Å². The van der Waals surface area contributed by atoms with Crippen molar-refractivity contribution in [2.75, 3.05) is 0 Å². The molecule has 1 unspecified atom stereocenters. The van der Waals surface area contributed by atoms with Gasteiger partial charge < -0.3 is 4.55 Å². The first kappa shape index (κ1) is 12.2. The molecule has 7 heteroatoms. The summed E-state index contributed by atoms with van der Waals surface area (Å²) in [6.07, 6.45) is -4.59. The zero-order chi connectivity index (χ0) is 11.6. The Kier molecular flexibility index (Phi) is 3.50. The van der Waals surface area contributed by atoms with Crippen LogP contribution in [0, 0.1) is 11.3 Å². The van der Waals surface area contributed by atoms with Crippen LogP contribution in [0.15, 0.2) is 23.1 Å². The molecule has 1 rings (SSSR count). The predicted octanol–water partition coefficient (Wildman–Crippen LogP) is 2.84. The Morgan fingerprint density at radius 2 is 1.93 bits per heavy atom. The Morgan fingerprint density at radius 3 is 2.33 bits per heavy atom. The van der Waals surface area contributed by atoms with Crippen LogP contribution in [0.2, 0.25) is 0 Å². The highest BCUT2D eigenvalue weighted by molar-refractivity contribution is 8.13. The summed E-state index contributed by atoms with van der Waals surface area (Å²) in [4.78, 5) is -0.233. The molecular formula is C8H3ClF3NOS. The van der Waals surface area contributed by atoms with Gasteiger partial charge in [0.15, 0.2) is 15.6 Å². The van der Waals surface area contributed by atoms with Gasteiger partial charge in [-0.3, -0.25) is 0 Å². The lowest BCUT2D eigenvalue weighted by atomic mass is 10.1. The van der Waals surface area contributed by atoms with E-state index in [0.717, 1.165) is 6.07 Å². The molecule has 0 bridgehead atoms. The second kappa shape index (κ2) is 4.31. The maximum Gasteiger partial charge on any atom is 0.416 e. The van der Waals surface area contributed by atoms with E-state index in [4.69, 9.17) is 15.9 Å². The molecule has 0 saturated carbocycles. The van der Waals surface area contributed by atoms with Gasteiger partial charge in [-0.25, -0.2) is 0 Å². The van der Waals surface area contributed by atoms with Crippen molar-refractivity contribution in [1.82, 2.24) is 0 Å². The molecule has 0 aromatic heterocycles. The van der Waals surface area contributed by atoms with Crippen molar-refractivity contribution in [3.8, 4) is 6.07 Å². The van der Waals surface area contributed by atoms with E-state index < -0.39 is 22.1 Å². The van der Waals surface area contributed by atoms with Crippen LogP contribution in [-0.2, 0) is 16.6 Å². The number of rotatable bonds is 1. The van der Waals surface area contributed by atoms with Crippen molar-refractivity contribution in [2.45, 2.75) is 11.1 Å². The molecule has 15 heavy (non-hydrogen) atoms. The van der Waals surface area contributed by atoms with Crippen molar-refractivity contribution < 1.29 is 17.7 Å². The molecule has 0 amide bonds. The van der Waals surface area contributed by atoms with E-state index in [2.05, 4.69) is 0 Å². The van der Waals surface area contributed by atoms with Crippen LogP contribution in [0.4, 0.5) is 13.2 Å². The first-order valence-electron chi connectivity index (χ1n) is 3.55. The maximum absolute atomic E-state index is 12.3. The van der Waals surface area contributed by atoms with Gasteiger partial charge in [0.1, 0.15) is 10.4 Å². The smallest absolute Gasteiger partial charge is 0.416 e. The maximum atomic E-state index is 12.3. The number of nitrogens with zero attached hydrogens (tertiary/aromatic N) is 1. The topological polar surface area (TPSA) is 46.8 Å². The summed E-state index contributed by atoms with van der Waals surface area (Å²) in [5, 5.41) is 8.47. The molecule has 0 saturated heterocycles. The van der Waals surface area contributed by atoms with Crippen LogP contribution in [0.3, 0.4) is 0 Å². The lowest BCUT2D eigenvalue weighted by Crippen LogP contribution is -2.07. The quantitative estimate of drug-likeness (QED) is 0.723. The van der Waals surface area contributed by atoms with Crippen LogP contribution in [0.5, 0.6) is 0 Å². The highest BCUT2D eigenvalue weighted by Crippen LogP contribution is 2.32. The Hall–Kier alpha value is -0.900. The fourth-order valence-corrected chi connectivity index (χ4v) is 1.63. The van der Waals surface area contributed by atoms with E-state index in [1.807, 2.05) is 0 Å². The van der Waals surface area contributed by atoms with Gasteiger partial charge in [0.25, 0.3) is 0 Å². The molecule has 0 fully saturated rings. The third-order valence-electron chi connectivity index (χ3n) is 1.55. The molecule has 2 nitrogen and oxygen atoms in total. The Labute approximate surface area is 91.0 Å². The van der Waals surface area contributed by atoms with Crippen molar-refractivity contribution >= 4 is 21.1 Å². The molecule has 0 aliphatic heterocycles. The molecule has 1 aromatic rings. The third kappa shape index (κ3) is 3.02. The minimum absolute atomic E-state index is 0.228. The summed E-state index contributed by atoms with van der Waals surface area (Å²) in [6.45, 7) is 0. The normalized spacial score (nSPS) is 13.3. The highest BCUT2D eigenvalue weighted by atomic mass is 35.7. The number of hydrogen-bond donors (Lipinski definition) is 0. The summed E-state index contributed by atoms with van der Waals surface area (Å²) in [6, 6.07) is 3.93. The molecule has 0 radical (unpaired) electrons. The molecular weight excluding hydrogens is 251 g/mol. The van der Waals surface area contributed by atoms with E-state index in [9.17, 15) is 17.7 Å². The molecule has 1 atom stereocenters. The Morgan fingerprint density at radius 1 is 1.33 bits per heavy atom. The van der Waals surface area contributed by atoms with Crippen LogP contribution in [0.1, 0.15) is 11.1 Å². The average Bonchev–Trinajstić information content (AvgIpc) is 2.15. The number of benzene rings is 1. The second-order valence-corrected chi connectivity index (χ2v) is 4.34. The van der Waals surface area contributed by atoms with Gasteiger partial charge in [-0.1, -0.05) is 0 Å². The van der Waals surface area contributed by atoms with Gasteiger partial charge in [-0.2, -0.15) is 18.4 Å². The van der Waals surface area contributed by atoms with Gasteiger partial charge in [0, 0.05) is 12.1 Å². The minimum atomic E-state index is -4.59. The van der Waals surface area contributed by atoms with Gasteiger partial charge >= 0.3 is 6.18 Å². The number of halogens is 4. The Bertz CT molecular complexity index is 413. The molecule has 80 valence electrons. The SMILES string of the molecule is N#Cc1cc([S+]([O-])Cl)cc(C(F)(F)F)c1. The lowest BCUT2D eigenvalue weighted by Gasteiger charge is -2.08. The van der Waals surface area contributed by atoms with Crippen LogP contribution < -0.4 is 0 Å². The molecule has 0 N–H and O–H groups in total. The lowest BCUT2D eigenvalue weighted by molar-refractivity contribution is -0.137. The first-order valence-corrected chi connectivity index (χ1v) is 5.52. The molecule has 0 aliphatic rings. The van der Waals surface area contributed by atoms with E-state index in [1.165, 1.54) is 0 Å². The number of alkyl halides is 3. The van der Waals surface area contributed by atoms with Crippen molar-refractivity contribution in [3.05, 3.63) is 29.3 Å². The summed E-state index contributed by atoms with van der Waals surface area (Å²) in [5.41, 5.74) is -1.26. The first-order chi connectivity index (χ1) is 6.84.